The lowest BCUT2D eigenvalue weighted by Crippen LogP contribution is -1.82. The Morgan fingerprint density at radius 3 is 2.40 bits per heavy atom. The van der Waals surface area contributed by atoms with Gasteiger partial charge in [-0.2, -0.15) is 0 Å². The quantitative estimate of drug-likeness (QED) is 0.642. The Balaban J connectivity index is 0.000000114. The molecule has 1 heterocycles. The van der Waals surface area contributed by atoms with Gasteiger partial charge >= 0.3 is 0 Å². The van der Waals surface area contributed by atoms with E-state index in [2.05, 4.69) is 9.97 Å². The molecule has 0 unspecified atom stereocenters. The zero-order valence-corrected chi connectivity index (χ0v) is 8.65. The van der Waals surface area contributed by atoms with Crippen molar-refractivity contribution in [3.8, 4) is 16.9 Å². The molecule has 3 nitrogen and oxygen atoms in total. The van der Waals surface area contributed by atoms with E-state index in [-0.39, 0.29) is 0 Å². The van der Waals surface area contributed by atoms with Crippen molar-refractivity contribution in [3.05, 3.63) is 42.5 Å². The first-order chi connectivity index (χ1) is 7.31. The molecule has 1 aromatic heterocycles. The molecule has 4 heteroatoms. The highest BCUT2D eigenvalue weighted by Crippen LogP contribution is 2.42. The maximum Gasteiger partial charge on any atom is 0.123 e. The average molecular weight is 221 g/mol. The van der Waals surface area contributed by atoms with Gasteiger partial charge in [0.1, 0.15) is 12.1 Å². The Hall–Kier alpha value is -1.61. The lowest BCUT2D eigenvalue weighted by atomic mass is 10.5. The van der Waals surface area contributed by atoms with E-state index in [0.717, 1.165) is 11.3 Å². The van der Waals surface area contributed by atoms with Gasteiger partial charge in [0.2, 0.25) is 0 Å². The monoisotopic (exact) mass is 220 g/mol. The largest absolute Gasteiger partial charge is 0.507 e. The molecule has 2 aliphatic rings. The summed E-state index contributed by atoms with van der Waals surface area (Å²) in [7, 11) is 0. The number of nitrogens with zero attached hydrogens (tertiary/aromatic N) is 2. The molecule has 0 amide bonds. The molecule has 0 aliphatic heterocycles. The fourth-order valence-electron chi connectivity index (χ4n) is 1.13. The minimum absolute atomic E-state index is 0.426. The van der Waals surface area contributed by atoms with Crippen LogP contribution < -0.4 is 0 Å². The van der Waals surface area contributed by atoms with E-state index in [1.54, 1.807) is 18.3 Å². The maximum atomic E-state index is 8.78. The molecule has 0 atom stereocenters. The van der Waals surface area contributed by atoms with Gasteiger partial charge in [0.25, 0.3) is 0 Å². The number of aromatic nitrogens is 2. The summed E-state index contributed by atoms with van der Waals surface area (Å²) in [5.74, 6) is 0.887. The normalized spacial score (nSPS) is 10.2. The molecule has 0 spiro atoms. The highest BCUT2D eigenvalue weighted by molar-refractivity contribution is 6.16. The minimum atomic E-state index is 0.426. The van der Waals surface area contributed by atoms with E-state index in [1.165, 1.54) is 11.9 Å². The summed E-state index contributed by atoms with van der Waals surface area (Å²) in [5, 5.41) is 8.78. The Morgan fingerprint density at radius 1 is 1.27 bits per heavy atom. The van der Waals surface area contributed by atoms with Gasteiger partial charge in [0.15, 0.2) is 0 Å². The molecule has 0 saturated carbocycles. The van der Waals surface area contributed by atoms with Gasteiger partial charge in [-0.25, -0.2) is 9.97 Å². The van der Waals surface area contributed by atoms with E-state index in [9.17, 15) is 0 Å². The van der Waals surface area contributed by atoms with E-state index < -0.39 is 0 Å². The Labute approximate surface area is 92.4 Å². The van der Waals surface area contributed by atoms with Crippen LogP contribution in [0.3, 0.4) is 0 Å². The number of rotatable bonds is 1. The zero-order valence-electron chi connectivity index (χ0n) is 7.89. The molecule has 0 aromatic carbocycles. The lowest BCUT2D eigenvalue weighted by molar-refractivity contribution is 0.480. The van der Waals surface area contributed by atoms with Gasteiger partial charge in [-0.05, 0) is 23.8 Å². The number of hydrogen-bond acceptors (Lipinski definition) is 3. The highest BCUT2D eigenvalue weighted by atomic mass is 35.5. The van der Waals surface area contributed by atoms with Crippen molar-refractivity contribution >= 4 is 11.6 Å². The topological polar surface area (TPSA) is 46.0 Å². The molecule has 15 heavy (non-hydrogen) atoms. The van der Waals surface area contributed by atoms with Gasteiger partial charge < -0.3 is 5.11 Å². The van der Waals surface area contributed by atoms with Crippen LogP contribution in [0, 0.1) is 0 Å². The molecule has 1 aromatic rings. The molecule has 1 N–H and O–H groups in total. The second kappa shape index (κ2) is 4.28. The summed E-state index contributed by atoms with van der Waals surface area (Å²) in [5.41, 5.74) is 3.08. The summed E-state index contributed by atoms with van der Waals surface area (Å²) in [4.78, 5) is 7.58. The van der Waals surface area contributed by atoms with Crippen LogP contribution in [0.5, 0.6) is 5.75 Å². The van der Waals surface area contributed by atoms with Crippen molar-refractivity contribution < 1.29 is 5.11 Å². The van der Waals surface area contributed by atoms with E-state index in [4.69, 9.17) is 16.7 Å². The summed E-state index contributed by atoms with van der Waals surface area (Å²) in [6, 6.07) is 7.36. The summed E-state index contributed by atoms with van der Waals surface area (Å²) < 4.78 is 0. The fraction of sp³-hybridized carbons (Fsp3) is 0.0909. The standard InChI is InChI=1S/C6H4O.C5H5ClN2/c7-6-2-1-4-3-5(4)6;6-3-5-1-2-7-4-8-5/h1-3,7H;1-2,4H,3H2. The summed E-state index contributed by atoms with van der Waals surface area (Å²) in [6.07, 6.45) is 3.16. The highest BCUT2D eigenvalue weighted by Gasteiger charge is 2.15. The van der Waals surface area contributed by atoms with Crippen molar-refractivity contribution in [1.82, 2.24) is 9.97 Å². The van der Waals surface area contributed by atoms with Crippen molar-refractivity contribution in [1.29, 1.82) is 0 Å². The predicted octanol–water partition coefficient (Wildman–Crippen LogP) is 2.59. The van der Waals surface area contributed by atoms with Crippen molar-refractivity contribution in [2.45, 2.75) is 5.88 Å². The van der Waals surface area contributed by atoms with Crippen LogP contribution >= 0.6 is 11.6 Å². The number of alkyl halides is 1. The van der Waals surface area contributed by atoms with Gasteiger partial charge in [-0.15, -0.1) is 11.6 Å². The molecule has 0 radical (unpaired) electrons. The number of aromatic hydroxyl groups is 1. The van der Waals surface area contributed by atoms with Gasteiger partial charge in [0.05, 0.1) is 11.6 Å². The molecule has 2 aliphatic carbocycles. The number of halogens is 1. The fourth-order valence-corrected chi connectivity index (χ4v) is 1.29. The van der Waals surface area contributed by atoms with Crippen LogP contribution in [0.25, 0.3) is 11.1 Å². The second-order valence-corrected chi connectivity index (χ2v) is 3.33. The van der Waals surface area contributed by atoms with E-state index in [1.807, 2.05) is 12.1 Å². The second-order valence-electron chi connectivity index (χ2n) is 3.07. The Morgan fingerprint density at radius 2 is 2.13 bits per heavy atom. The van der Waals surface area contributed by atoms with Crippen molar-refractivity contribution in [2.75, 3.05) is 0 Å². The predicted molar refractivity (Wildman–Crippen MR) is 58.7 cm³/mol. The molecular weight excluding hydrogens is 212 g/mol. The summed E-state index contributed by atoms with van der Waals surface area (Å²) >= 11 is 5.44. The van der Waals surface area contributed by atoms with E-state index in [0.29, 0.717) is 11.6 Å². The smallest absolute Gasteiger partial charge is 0.123 e. The third kappa shape index (κ3) is 2.44. The number of benzene rings is 1. The first-order valence-corrected chi connectivity index (χ1v) is 4.99. The van der Waals surface area contributed by atoms with Crippen molar-refractivity contribution in [2.24, 2.45) is 0 Å². The van der Waals surface area contributed by atoms with Gasteiger partial charge in [-0.3, -0.25) is 0 Å². The van der Waals surface area contributed by atoms with Crippen molar-refractivity contribution in [3.63, 3.8) is 0 Å². The first kappa shape index (κ1) is 9.93. The average Bonchev–Trinajstić information content (AvgIpc) is 3.00. The van der Waals surface area contributed by atoms with Crippen LogP contribution in [0.4, 0.5) is 0 Å². The Kier molecular flexibility index (Phi) is 2.83. The third-order valence-corrected chi connectivity index (χ3v) is 2.28. The van der Waals surface area contributed by atoms with Crippen LogP contribution in [0.1, 0.15) is 5.69 Å². The SMILES string of the molecule is ClCc1ccncn1.Oc1ccc2cc1-2. The van der Waals surface area contributed by atoms with Gasteiger partial charge in [-0.1, -0.05) is 6.07 Å². The van der Waals surface area contributed by atoms with Crippen LogP contribution in [0.2, 0.25) is 0 Å². The number of fused-ring (bicyclic) bond motifs is 1. The Bertz CT molecular complexity index is 459. The molecule has 3 rings (SSSR count). The molecular formula is C11H9ClN2O. The number of phenolic OH excluding ortho intramolecular Hbond substituents is 1. The van der Waals surface area contributed by atoms with Crippen LogP contribution in [-0.2, 0) is 5.88 Å². The molecule has 0 bridgehead atoms. The minimum Gasteiger partial charge on any atom is -0.507 e. The van der Waals surface area contributed by atoms with Crippen LogP contribution in [-0.4, -0.2) is 15.1 Å². The third-order valence-electron chi connectivity index (χ3n) is 2.00. The van der Waals surface area contributed by atoms with Gasteiger partial charge in [0, 0.05) is 11.8 Å². The van der Waals surface area contributed by atoms with E-state index >= 15 is 0 Å². The maximum absolute atomic E-state index is 8.78. The zero-order chi connectivity index (χ0) is 10.7. The first-order valence-electron chi connectivity index (χ1n) is 4.45. The molecule has 0 saturated heterocycles. The molecule has 0 fully saturated rings. The van der Waals surface area contributed by atoms with Crippen LogP contribution in [0.15, 0.2) is 36.8 Å². The lowest BCUT2D eigenvalue weighted by Gasteiger charge is -1.86. The molecule has 76 valence electrons. The number of phenols is 1. The number of hydrogen-bond donors (Lipinski definition) is 1. The summed E-state index contributed by atoms with van der Waals surface area (Å²) in [6.45, 7) is 0.